The van der Waals surface area contributed by atoms with E-state index in [1.807, 2.05) is 35.8 Å². The van der Waals surface area contributed by atoms with Crippen LogP contribution in [0.3, 0.4) is 0 Å². The number of imidazole rings is 1. The Morgan fingerprint density at radius 1 is 1.44 bits per heavy atom. The number of benzene rings is 1. The maximum absolute atomic E-state index is 10.4. The Hall–Kier alpha value is -1.84. The molecule has 0 spiro atoms. The smallest absolute Gasteiger partial charge is 0.110 e. The van der Waals surface area contributed by atoms with Crippen molar-refractivity contribution >= 4 is 17.0 Å². The van der Waals surface area contributed by atoms with Crippen LogP contribution in [0.15, 0.2) is 24.3 Å². The molecule has 0 aliphatic rings. The van der Waals surface area contributed by atoms with E-state index in [2.05, 4.69) is 4.98 Å². The van der Waals surface area contributed by atoms with E-state index in [-0.39, 0.29) is 6.42 Å². The van der Waals surface area contributed by atoms with Gasteiger partial charge in [-0.2, -0.15) is 0 Å². The first-order chi connectivity index (χ1) is 7.72. The molecule has 4 nitrogen and oxygen atoms in total. The van der Waals surface area contributed by atoms with Crippen LogP contribution < -0.4 is 5.11 Å². The highest BCUT2D eigenvalue weighted by Gasteiger charge is 2.08. The predicted octanol–water partition coefficient (Wildman–Crippen LogP) is 0.739. The number of carbonyl (C=O) groups excluding carboxylic acids is 1. The third-order valence-corrected chi connectivity index (χ3v) is 2.60. The fraction of sp³-hybridized carbons (Fsp3) is 0.333. The summed E-state index contributed by atoms with van der Waals surface area (Å²) in [6, 6.07) is 7.81. The number of rotatable bonds is 4. The number of hydrogen-bond donors (Lipinski definition) is 0. The molecule has 0 bridgehead atoms. The Bertz CT molecular complexity index is 517. The fourth-order valence-corrected chi connectivity index (χ4v) is 1.88. The SMILES string of the molecule is CCn1c(CCC(=O)[O-])nc2ccccc21. The van der Waals surface area contributed by atoms with Gasteiger partial charge in [0.1, 0.15) is 5.82 Å². The summed E-state index contributed by atoms with van der Waals surface area (Å²) >= 11 is 0. The molecule has 0 radical (unpaired) electrons. The Balaban J connectivity index is 2.40. The summed E-state index contributed by atoms with van der Waals surface area (Å²) in [5.74, 6) is -0.220. The van der Waals surface area contributed by atoms with Gasteiger partial charge in [0.25, 0.3) is 0 Å². The molecule has 0 unspecified atom stereocenters. The lowest BCUT2D eigenvalue weighted by molar-refractivity contribution is -0.305. The van der Waals surface area contributed by atoms with Gasteiger partial charge < -0.3 is 14.5 Å². The number of nitrogens with zero attached hydrogens (tertiary/aromatic N) is 2. The van der Waals surface area contributed by atoms with Gasteiger partial charge in [-0.25, -0.2) is 4.98 Å². The highest BCUT2D eigenvalue weighted by Crippen LogP contribution is 2.16. The first kappa shape index (κ1) is 10.7. The van der Waals surface area contributed by atoms with Crippen molar-refractivity contribution in [2.75, 3.05) is 0 Å². The quantitative estimate of drug-likeness (QED) is 0.759. The van der Waals surface area contributed by atoms with Crippen molar-refractivity contribution in [3.8, 4) is 0 Å². The van der Waals surface area contributed by atoms with Crippen LogP contribution in [0.25, 0.3) is 11.0 Å². The molecule has 0 saturated heterocycles. The second-order valence-electron chi connectivity index (χ2n) is 3.63. The van der Waals surface area contributed by atoms with Crippen LogP contribution in [-0.4, -0.2) is 15.5 Å². The van der Waals surface area contributed by atoms with E-state index in [4.69, 9.17) is 0 Å². The summed E-state index contributed by atoms with van der Waals surface area (Å²) in [4.78, 5) is 14.9. The number of aryl methyl sites for hydroxylation is 2. The minimum Gasteiger partial charge on any atom is -0.550 e. The van der Waals surface area contributed by atoms with Gasteiger partial charge in [-0.3, -0.25) is 0 Å². The van der Waals surface area contributed by atoms with Crippen LogP contribution in [0.2, 0.25) is 0 Å². The van der Waals surface area contributed by atoms with Gasteiger partial charge in [0.05, 0.1) is 11.0 Å². The van der Waals surface area contributed by atoms with Crippen molar-refractivity contribution in [3.63, 3.8) is 0 Å². The van der Waals surface area contributed by atoms with Gasteiger partial charge in [0.2, 0.25) is 0 Å². The number of para-hydroxylation sites is 2. The van der Waals surface area contributed by atoms with Gasteiger partial charge in [0, 0.05) is 18.9 Å². The Kier molecular flexibility index (Phi) is 2.90. The van der Waals surface area contributed by atoms with Crippen LogP contribution in [0, 0.1) is 0 Å². The third kappa shape index (κ3) is 1.91. The molecule has 4 heteroatoms. The molecule has 0 aliphatic carbocycles. The van der Waals surface area contributed by atoms with Crippen molar-refractivity contribution in [3.05, 3.63) is 30.1 Å². The highest BCUT2D eigenvalue weighted by molar-refractivity contribution is 5.76. The van der Waals surface area contributed by atoms with Crippen molar-refractivity contribution in [1.82, 2.24) is 9.55 Å². The Morgan fingerprint density at radius 3 is 2.88 bits per heavy atom. The maximum atomic E-state index is 10.4. The molecule has 2 aromatic rings. The topological polar surface area (TPSA) is 58.0 Å². The van der Waals surface area contributed by atoms with E-state index in [0.29, 0.717) is 6.42 Å². The minimum atomic E-state index is -1.03. The minimum absolute atomic E-state index is 0.0172. The van der Waals surface area contributed by atoms with Crippen molar-refractivity contribution < 1.29 is 9.90 Å². The summed E-state index contributed by atoms with van der Waals surface area (Å²) < 4.78 is 2.04. The lowest BCUT2D eigenvalue weighted by Gasteiger charge is -2.06. The van der Waals surface area contributed by atoms with Crippen LogP contribution in [0.4, 0.5) is 0 Å². The Morgan fingerprint density at radius 2 is 2.19 bits per heavy atom. The van der Waals surface area contributed by atoms with Gasteiger partial charge in [-0.05, 0) is 25.5 Å². The molecule has 0 fully saturated rings. The predicted molar refractivity (Wildman–Crippen MR) is 58.7 cm³/mol. The molecule has 1 aromatic carbocycles. The first-order valence-electron chi connectivity index (χ1n) is 5.36. The fourth-order valence-electron chi connectivity index (χ4n) is 1.88. The summed E-state index contributed by atoms with van der Waals surface area (Å²) in [5.41, 5.74) is 1.97. The van der Waals surface area contributed by atoms with Gasteiger partial charge in [0.15, 0.2) is 0 Å². The van der Waals surface area contributed by atoms with E-state index in [0.717, 1.165) is 23.4 Å². The number of carboxylic acid groups (broad SMARTS) is 1. The zero-order valence-electron chi connectivity index (χ0n) is 9.14. The van der Waals surface area contributed by atoms with Crippen molar-refractivity contribution in [2.24, 2.45) is 0 Å². The summed E-state index contributed by atoms with van der Waals surface area (Å²) in [6.07, 6.45) is 0.439. The number of hydrogen-bond acceptors (Lipinski definition) is 3. The van der Waals surface area contributed by atoms with E-state index >= 15 is 0 Å². The number of aliphatic carboxylic acids is 1. The molecule has 84 valence electrons. The van der Waals surface area contributed by atoms with Gasteiger partial charge >= 0.3 is 0 Å². The molecule has 0 aliphatic heterocycles. The van der Waals surface area contributed by atoms with E-state index in [9.17, 15) is 9.90 Å². The lowest BCUT2D eigenvalue weighted by Crippen LogP contribution is -2.23. The van der Waals surface area contributed by atoms with E-state index in [1.165, 1.54) is 0 Å². The molecule has 0 amide bonds. The Labute approximate surface area is 93.5 Å². The highest BCUT2D eigenvalue weighted by atomic mass is 16.4. The van der Waals surface area contributed by atoms with Crippen LogP contribution >= 0.6 is 0 Å². The summed E-state index contributed by atoms with van der Waals surface area (Å²) in [5, 5.41) is 10.4. The molecule has 2 rings (SSSR count). The summed E-state index contributed by atoms with van der Waals surface area (Å²) in [7, 11) is 0. The largest absolute Gasteiger partial charge is 0.550 e. The van der Waals surface area contributed by atoms with Crippen LogP contribution in [0.5, 0.6) is 0 Å². The first-order valence-corrected chi connectivity index (χ1v) is 5.36. The zero-order valence-corrected chi connectivity index (χ0v) is 9.14. The van der Waals surface area contributed by atoms with Crippen molar-refractivity contribution in [1.29, 1.82) is 0 Å². The average Bonchev–Trinajstić information content (AvgIpc) is 2.63. The number of carboxylic acids is 1. The molecule has 1 aromatic heterocycles. The molecular formula is C12H13N2O2-. The standard InChI is InChI=1S/C12H14N2O2/c1-2-14-10-6-4-3-5-9(10)13-11(14)7-8-12(15)16/h3-6H,2,7-8H2,1H3,(H,15,16)/p-1. The molecule has 16 heavy (non-hydrogen) atoms. The van der Waals surface area contributed by atoms with Crippen LogP contribution in [0.1, 0.15) is 19.2 Å². The van der Waals surface area contributed by atoms with E-state index in [1.54, 1.807) is 0 Å². The monoisotopic (exact) mass is 217 g/mol. The molecular weight excluding hydrogens is 204 g/mol. The molecule has 0 saturated carbocycles. The van der Waals surface area contributed by atoms with Crippen molar-refractivity contribution in [2.45, 2.75) is 26.3 Å². The van der Waals surface area contributed by atoms with E-state index < -0.39 is 5.97 Å². The average molecular weight is 217 g/mol. The number of aromatic nitrogens is 2. The molecule has 0 atom stereocenters. The second-order valence-corrected chi connectivity index (χ2v) is 3.63. The lowest BCUT2D eigenvalue weighted by atomic mass is 10.3. The van der Waals surface area contributed by atoms with Gasteiger partial charge in [-0.15, -0.1) is 0 Å². The zero-order chi connectivity index (χ0) is 11.5. The second kappa shape index (κ2) is 4.35. The molecule has 1 heterocycles. The van der Waals surface area contributed by atoms with Gasteiger partial charge in [-0.1, -0.05) is 12.1 Å². The summed E-state index contributed by atoms with van der Waals surface area (Å²) in [6.45, 7) is 2.82. The maximum Gasteiger partial charge on any atom is 0.110 e. The number of carbonyl (C=O) groups is 1. The normalized spacial score (nSPS) is 10.8. The third-order valence-electron chi connectivity index (χ3n) is 2.60. The van der Waals surface area contributed by atoms with Crippen LogP contribution in [-0.2, 0) is 17.8 Å². The number of fused-ring (bicyclic) bond motifs is 1. The molecule has 0 N–H and O–H groups in total.